The van der Waals surface area contributed by atoms with Crippen LogP contribution in [0, 0.1) is 0 Å². The summed E-state index contributed by atoms with van der Waals surface area (Å²) in [5, 5.41) is 11.4. The first-order chi connectivity index (χ1) is 16.0. The van der Waals surface area contributed by atoms with Crippen molar-refractivity contribution >= 4 is 54.9 Å². The van der Waals surface area contributed by atoms with Crippen LogP contribution in [0.1, 0.15) is 12.6 Å². The van der Waals surface area contributed by atoms with Crippen molar-refractivity contribution in [1.82, 2.24) is 24.5 Å². The molecule has 4 aromatic rings. The molecule has 0 saturated heterocycles. The zero-order chi connectivity index (χ0) is 23.3. The molecule has 0 aliphatic heterocycles. The van der Waals surface area contributed by atoms with Crippen molar-refractivity contribution in [3.8, 4) is 5.75 Å². The van der Waals surface area contributed by atoms with Crippen molar-refractivity contribution in [2.75, 3.05) is 29.7 Å². The molecule has 3 heterocycles. The SMILES string of the molecule is CCNCCNc1cccnc1COc1cccc2c1cnn2S(=O)(=O)Nc1ncc(Cl)s1. The second-order valence-electron chi connectivity index (χ2n) is 6.82. The molecular weight excluding hydrogens is 486 g/mol. The number of ether oxygens (including phenoxy) is 1. The lowest BCUT2D eigenvalue weighted by Crippen LogP contribution is -2.22. The lowest BCUT2D eigenvalue weighted by molar-refractivity contribution is 0.306. The molecule has 13 heteroatoms. The molecule has 0 amide bonds. The largest absolute Gasteiger partial charge is 0.486 e. The third kappa shape index (κ3) is 5.53. The Hall–Kier alpha value is -2.93. The zero-order valence-corrected chi connectivity index (χ0v) is 20.0. The van der Waals surface area contributed by atoms with Crippen molar-refractivity contribution < 1.29 is 13.2 Å². The minimum absolute atomic E-state index is 0.153. The fraction of sp³-hybridized carbons (Fsp3) is 0.250. The molecule has 3 N–H and O–H groups in total. The van der Waals surface area contributed by atoms with E-state index in [1.165, 1.54) is 12.4 Å². The van der Waals surface area contributed by atoms with Crippen LogP contribution < -0.4 is 20.1 Å². The molecule has 4 rings (SSSR count). The van der Waals surface area contributed by atoms with E-state index in [1.807, 2.05) is 12.1 Å². The van der Waals surface area contributed by atoms with Gasteiger partial charge in [0, 0.05) is 19.3 Å². The number of pyridine rings is 1. The highest BCUT2D eigenvalue weighted by Gasteiger charge is 2.20. The van der Waals surface area contributed by atoms with Crippen molar-refractivity contribution in [3.63, 3.8) is 0 Å². The van der Waals surface area contributed by atoms with E-state index in [9.17, 15) is 8.42 Å². The van der Waals surface area contributed by atoms with Crippen molar-refractivity contribution in [1.29, 1.82) is 0 Å². The van der Waals surface area contributed by atoms with Gasteiger partial charge in [0.25, 0.3) is 0 Å². The fourth-order valence-corrected chi connectivity index (χ4v) is 5.19. The first-order valence-electron chi connectivity index (χ1n) is 10.1. The molecule has 10 nitrogen and oxygen atoms in total. The Bertz CT molecular complexity index is 1340. The van der Waals surface area contributed by atoms with Crippen LogP contribution in [0.25, 0.3) is 10.9 Å². The Morgan fingerprint density at radius 2 is 2.03 bits per heavy atom. The van der Waals surface area contributed by atoms with Gasteiger partial charge < -0.3 is 15.4 Å². The molecule has 1 aromatic carbocycles. The van der Waals surface area contributed by atoms with Gasteiger partial charge in [-0.15, -0.1) is 4.09 Å². The molecule has 3 aromatic heterocycles. The Kier molecular flexibility index (Phi) is 7.28. The van der Waals surface area contributed by atoms with E-state index in [0.717, 1.165) is 46.4 Å². The summed E-state index contributed by atoms with van der Waals surface area (Å²) in [6.07, 6.45) is 4.53. The Morgan fingerprint density at radius 1 is 1.15 bits per heavy atom. The summed E-state index contributed by atoms with van der Waals surface area (Å²) in [7, 11) is -4.03. The zero-order valence-electron chi connectivity index (χ0n) is 17.7. The number of hydrogen-bond acceptors (Lipinski definition) is 9. The van der Waals surface area contributed by atoms with Crippen molar-refractivity contribution in [2.24, 2.45) is 0 Å². The summed E-state index contributed by atoms with van der Waals surface area (Å²) in [4.78, 5) is 8.34. The summed E-state index contributed by atoms with van der Waals surface area (Å²) < 4.78 is 35.3. The number of nitrogens with one attached hydrogen (secondary N) is 3. The summed E-state index contributed by atoms with van der Waals surface area (Å²) in [5.74, 6) is 0.496. The van der Waals surface area contributed by atoms with E-state index >= 15 is 0 Å². The average Bonchev–Trinajstić information content (AvgIpc) is 3.42. The standard InChI is InChI=1S/C20H22ClN7O3S2/c1-2-22-9-10-24-15-5-4-8-23-16(15)13-31-18-7-3-6-17-14(18)11-26-28(17)33(29,30)27-20-25-12-19(21)32-20/h3-8,11-12,22,24H,2,9-10,13H2,1H3,(H,25,27). The number of likely N-dealkylation sites (N-methyl/N-ethyl adjacent to an activating group) is 1. The maximum Gasteiger partial charge on any atom is 0.345 e. The van der Waals surface area contributed by atoms with Crippen LogP contribution in [0.15, 0.2) is 48.9 Å². The number of anilines is 2. The van der Waals surface area contributed by atoms with Crippen LogP contribution in [0.5, 0.6) is 5.75 Å². The van der Waals surface area contributed by atoms with Gasteiger partial charge in [0.15, 0.2) is 5.13 Å². The number of thiazole rings is 1. The molecule has 174 valence electrons. The summed E-state index contributed by atoms with van der Waals surface area (Å²) >= 11 is 6.86. The molecule has 0 radical (unpaired) electrons. The van der Waals surface area contributed by atoms with Gasteiger partial charge in [0.1, 0.15) is 22.4 Å². The van der Waals surface area contributed by atoms with Crippen LogP contribution in [-0.2, 0) is 16.8 Å². The smallest absolute Gasteiger partial charge is 0.345 e. The molecule has 33 heavy (non-hydrogen) atoms. The summed E-state index contributed by atoms with van der Waals surface area (Å²) in [6, 6.07) is 8.92. The van der Waals surface area contributed by atoms with Gasteiger partial charge in [-0.05, 0) is 30.8 Å². The summed E-state index contributed by atoms with van der Waals surface area (Å²) in [5.41, 5.74) is 1.99. The minimum Gasteiger partial charge on any atom is -0.486 e. The van der Waals surface area contributed by atoms with E-state index in [2.05, 4.69) is 37.3 Å². The predicted molar refractivity (Wildman–Crippen MR) is 130 cm³/mol. The average molecular weight is 508 g/mol. The van der Waals surface area contributed by atoms with Gasteiger partial charge in [0.05, 0.1) is 29.0 Å². The molecule has 0 fully saturated rings. The van der Waals surface area contributed by atoms with Crippen molar-refractivity contribution in [3.05, 3.63) is 59.0 Å². The lowest BCUT2D eigenvalue weighted by atomic mass is 10.2. The minimum atomic E-state index is -4.03. The molecule has 0 aliphatic carbocycles. The Morgan fingerprint density at radius 3 is 2.82 bits per heavy atom. The maximum atomic E-state index is 12.8. The normalized spacial score (nSPS) is 11.6. The first-order valence-corrected chi connectivity index (χ1v) is 12.7. The lowest BCUT2D eigenvalue weighted by Gasteiger charge is -2.13. The van der Waals surface area contributed by atoms with E-state index in [0.29, 0.717) is 21.0 Å². The second kappa shape index (κ2) is 10.3. The molecule has 0 spiro atoms. The molecule has 0 unspecified atom stereocenters. The number of benzene rings is 1. The molecule has 0 atom stereocenters. The van der Waals surface area contributed by atoms with Crippen LogP contribution in [-0.4, -0.2) is 47.2 Å². The van der Waals surface area contributed by atoms with E-state index in [1.54, 1.807) is 24.4 Å². The Labute approximate surface area is 200 Å². The maximum absolute atomic E-state index is 12.8. The molecular formula is C20H22ClN7O3S2. The van der Waals surface area contributed by atoms with Crippen LogP contribution in [0.4, 0.5) is 10.8 Å². The first kappa shape index (κ1) is 23.2. The number of hydrogen-bond donors (Lipinski definition) is 3. The fourth-order valence-electron chi connectivity index (χ4n) is 3.10. The van der Waals surface area contributed by atoms with Crippen LogP contribution in [0.2, 0.25) is 4.34 Å². The molecule has 0 saturated carbocycles. The van der Waals surface area contributed by atoms with Gasteiger partial charge in [-0.1, -0.05) is 35.9 Å². The van der Waals surface area contributed by atoms with Crippen LogP contribution >= 0.6 is 22.9 Å². The highest BCUT2D eigenvalue weighted by Crippen LogP contribution is 2.29. The van der Waals surface area contributed by atoms with Gasteiger partial charge in [-0.2, -0.15) is 13.5 Å². The van der Waals surface area contributed by atoms with Gasteiger partial charge >= 0.3 is 10.2 Å². The molecule has 0 bridgehead atoms. The highest BCUT2D eigenvalue weighted by atomic mass is 35.5. The van der Waals surface area contributed by atoms with Gasteiger partial charge in [-0.25, -0.2) is 9.71 Å². The third-order valence-electron chi connectivity index (χ3n) is 4.58. The number of aromatic nitrogens is 4. The second-order valence-corrected chi connectivity index (χ2v) is 9.98. The predicted octanol–water partition coefficient (Wildman–Crippen LogP) is 3.35. The number of halogens is 1. The van der Waals surface area contributed by atoms with E-state index in [4.69, 9.17) is 16.3 Å². The molecule has 0 aliphatic rings. The summed E-state index contributed by atoms with van der Waals surface area (Å²) in [6.45, 7) is 4.76. The van der Waals surface area contributed by atoms with Crippen LogP contribution in [0.3, 0.4) is 0 Å². The quantitative estimate of drug-likeness (QED) is 0.264. The number of fused-ring (bicyclic) bond motifs is 1. The van der Waals surface area contributed by atoms with Crippen molar-refractivity contribution in [2.45, 2.75) is 13.5 Å². The highest BCUT2D eigenvalue weighted by molar-refractivity contribution is 7.91. The topological polar surface area (TPSA) is 123 Å². The Balaban J connectivity index is 1.52. The van der Waals surface area contributed by atoms with Gasteiger partial charge in [-0.3, -0.25) is 4.98 Å². The van der Waals surface area contributed by atoms with E-state index < -0.39 is 10.2 Å². The van der Waals surface area contributed by atoms with Gasteiger partial charge in [0.2, 0.25) is 0 Å². The number of nitrogens with zero attached hydrogens (tertiary/aromatic N) is 4. The number of rotatable bonds is 11. The monoisotopic (exact) mass is 507 g/mol. The van der Waals surface area contributed by atoms with E-state index in [-0.39, 0.29) is 11.7 Å². The third-order valence-corrected chi connectivity index (χ3v) is 6.94.